The monoisotopic (exact) mass is 268 g/mol. The van der Waals surface area contributed by atoms with Crippen LogP contribution in [0.25, 0.3) is 11.0 Å². The largest absolute Gasteiger partial charge is 0.326 e. The number of aromatic amines is 1. The minimum Gasteiger partial charge on any atom is -0.306 e. The molecule has 1 aliphatic heterocycles. The molecule has 90 valence electrons. The molecule has 3 rings (SSSR count). The van der Waals surface area contributed by atoms with Crippen LogP contribution >= 0.6 is 23.4 Å². The Bertz CT molecular complexity index is 598. The third-order valence-corrected chi connectivity index (χ3v) is 4.67. The second-order valence-corrected chi connectivity index (χ2v) is 6.02. The summed E-state index contributed by atoms with van der Waals surface area (Å²) < 4.78 is 1.82. The quantitative estimate of drug-likeness (QED) is 0.909. The summed E-state index contributed by atoms with van der Waals surface area (Å²) in [5, 5.41) is 0.672. The van der Waals surface area contributed by atoms with E-state index in [0.717, 1.165) is 23.3 Å². The summed E-state index contributed by atoms with van der Waals surface area (Å²) in [5.74, 6) is 2.97. The molecule has 0 amide bonds. The molecule has 0 spiro atoms. The van der Waals surface area contributed by atoms with Crippen LogP contribution < -0.4 is 5.69 Å². The van der Waals surface area contributed by atoms with Crippen molar-refractivity contribution in [2.45, 2.75) is 13.0 Å². The molecule has 0 radical (unpaired) electrons. The standard InChI is InChI=1S/C12H13ClN2OS/c13-9-1-2-10-11(5-9)15(12(16)14-10)6-8-3-4-17-7-8/h1-2,5,8H,3-4,6-7H2,(H,14,16). The van der Waals surface area contributed by atoms with Crippen molar-refractivity contribution in [1.82, 2.24) is 9.55 Å². The van der Waals surface area contributed by atoms with Crippen molar-refractivity contribution in [2.75, 3.05) is 11.5 Å². The number of halogens is 1. The number of nitrogens with one attached hydrogen (secondary N) is 1. The normalized spacial score (nSPS) is 20.2. The van der Waals surface area contributed by atoms with Crippen LogP contribution in [0.1, 0.15) is 6.42 Å². The fourth-order valence-electron chi connectivity index (χ4n) is 2.29. The molecular formula is C12H13ClN2OS. The Labute approximate surface area is 108 Å². The summed E-state index contributed by atoms with van der Waals surface area (Å²) in [7, 11) is 0. The first kappa shape index (κ1) is 11.2. The maximum Gasteiger partial charge on any atom is 0.326 e. The number of nitrogens with zero attached hydrogens (tertiary/aromatic N) is 1. The SMILES string of the molecule is O=c1[nH]c2ccc(Cl)cc2n1CC1CCSC1. The highest BCUT2D eigenvalue weighted by Crippen LogP contribution is 2.26. The van der Waals surface area contributed by atoms with Gasteiger partial charge in [0.05, 0.1) is 11.0 Å². The summed E-state index contributed by atoms with van der Waals surface area (Å²) in [6.45, 7) is 0.798. The highest BCUT2D eigenvalue weighted by Gasteiger charge is 2.18. The molecule has 1 aromatic heterocycles. The van der Waals surface area contributed by atoms with Gasteiger partial charge in [-0.05, 0) is 42.0 Å². The smallest absolute Gasteiger partial charge is 0.306 e. The molecule has 0 aliphatic carbocycles. The first-order valence-corrected chi connectivity index (χ1v) is 7.23. The van der Waals surface area contributed by atoms with Gasteiger partial charge in [0.2, 0.25) is 0 Å². The predicted octanol–water partition coefficient (Wildman–Crippen LogP) is 2.74. The Morgan fingerprint density at radius 1 is 1.53 bits per heavy atom. The Hall–Kier alpha value is -0.870. The van der Waals surface area contributed by atoms with E-state index < -0.39 is 0 Å². The lowest BCUT2D eigenvalue weighted by Gasteiger charge is -2.09. The zero-order valence-corrected chi connectivity index (χ0v) is 10.9. The maximum absolute atomic E-state index is 11.9. The summed E-state index contributed by atoms with van der Waals surface area (Å²) in [4.78, 5) is 14.8. The van der Waals surface area contributed by atoms with Gasteiger partial charge in [0.15, 0.2) is 0 Å². The van der Waals surface area contributed by atoms with Crippen molar-refractivity contribution in [3.63, 3.8) is 0 Å². The van der Waals surface area contributed by atoms with E-state index in [9.17, 15) is 4.79 Å². The van der Waals surface area contributed by atoms with E-state index in [1.807, 2.05) is 28.5 Å². The summed E-state index contributed by atoms with van der Waals surface area (Å²) >= 11 is 7.95. The first-order valence-electron chi connectivity index (χ1n) is 5.70. The van der Waals surface area contributed by atoms with E-state index in [4.69, 9.17) is 11.6 Å². The molecule has 3 nitrogen and oxygen atoms in total. The molecule has 1 aliphatic rings. The molecule has 1 aromatic carbocycles. The van der Waals surface area contributed by atoms with E-state index in [2.05, 4.69) is 4.98 Å². The highest BCUT2D eigenvalue weighted by molar-refractivity contribution is 7.99. The number of hydrogen-bond acceptors (Lipinski definition) is 2. The first-order chi connectivity index (χ1) is 8.24. The van der Waals surface area contributed by atoms with Gasteiger partial charge >= 0.3 is 5.69 Å². The number of thioether (sulfide) groups is 1. The second-order valence-electron chi connectivity index (χ2n) is 4.43. The van der Waals surface area contributed by atoms with Crippen LogP contribution in [0.2, 0.25) is 5.02 Å². The van der Waals surface area contributed by atoms with Gasteiger partial charge in [-0.2, -0.15) is 11.8 Å². The average Bonchev–Trinajstić information content (AvgIpc) is 2.90. The molecule has 1 atom stereocenters. The molecule has 0 saturated carbocycles. The molecule has 1 saturated heterocycles. The lowest BCUT2D eigenvalue weighted by Crippen LogP contribution is -2.21. The third kappa shape index (κ3) is 2.11. The molecule has 5 heteroatoms. The molecule has 2 heterocycles. The highest BCUT2D eigenvalue weighted by atomic mass is 35.5. The van der Waals surface area contributed by atoms with E-state index >= 15 is 0 Å². The number of hydrogen-bond donors (Lipinski definition) is 1. The zero-order valence-electron chi connectivity index (χ0n) is 9.28. The molecule has 1 unspecified atom stereocenters. The van der Waals surface area contributed by atoms with Crippen LogP contribution in [0.3, 0.4) is 0 Å². The zero-order chi connectivity index (χ0) is 11.8. The van der Waals surface area contributed by atoms with Crippen molar-refractivity contribution in [2.24, 2.45) is 5.92 Å². The summed E-state index contributed by atoms with van der Waals surface area (Å²) in [5.41, 5.74) is 1.75. The minimum atomic E-state index is -0.0285. The summed E-state index contributed by atoms with van der Waals surface area (Å²) in [6.07, 6.45) is 1.20. The molecule has 2 aromatic rings. The van der Waals surface area contributed by atoms with Crippen LogP contribution in [0, 0.1) is 5.92 Å². The number of imidazole rings is 1. The van der Waals surface area contributed by atoms with Crippen LogP contribution in [0.5, 0.6) is 0 Å². The Morgan fingerprint density at radius 2 is 2.41 bits per heavy atom. The van der Waals surface area contributed by atoms with Crippen molar-refractivity contribution in [3.8, 4) is 0 Å². The number of fused-ring (bicyclic) bond motifs is 1. The van der Waals surface area contributed by atoms with Gasteiger partial charge in [0.25, 0.3) is 0 Å². The van der Waals surface area contributed by atoms with E-state index in [-0.39, 0.29) is 5.69 Å². The van der Waals surface area contributed by atoms with Gasteiger partial charge in [-0.1, -0.05) is 11.6 Å². The maximum atomic E-state index is 11.9. The Kier molecular flexibility index (Phi) is 2.92. The molecule has 17 heavy (non-hydrogen) atoms. The Balaban J connectivity index is 2.04. The topological polar surface area (TPSA) is 37.8 Å². The van der Waals surface area contributed by atoms with Crippen LogP contribution in [0.15, 0.2) is 23.0 Å². The van der Waals surface area contributed by atoms with E-state index in [1.165, 1.54) is 12.2 Å². The fourth-order valence-corrected chi connectivity index (χ4v) is 3.73. The number of H-pyrrole nitrogens is 1. The second kappa shape index (κ2) is 4.42. The van der Waals surface area contributed by atoms with Crippen molar-refractivity contribution in [3.05, 3.63) is 33.7 Å². The lowest BCUT2D eigenvalue weighted by molar-refractivity contribution is 0.492. The van der Waals surface area contributed by atoms with Gasteiger partial charge < -0.3 is 4.98 Å². The minimum absolute atomic E-state index is 0.0285. The Morgan fingerprint density at radius 3 is 3.18 bits per heavy atom. The van der Waals surface area contributed by atoms with Gasteiger partial charge in [0.1, 0.15) is 0 Å². The van der Waals surface area contributed by atoms with Gasteiger partial charge in [-0.3, -0.25) is 4.57 Å². The average molecular weight is 269 g/mol. The van der Waals surface area contributed by atoms with Crippen molar-refractivity contribution < 1.29 is 0 Å². The number of benzene rings is 1. The van der Waals surface area contributed by atoms with Crippen LogP contribution in [-0.2, 0) is 6.54 Å². The van der Waals surface area contributed by atoms with Gasteiger partial charge in [0, 0.05) is 11.6 Å². The van der Waals surface area contributed by atoms with Crippen molar-refractivity contribution >= 4 is 34.4 Å². The lowest BCUT2D eigenvalue weighted by atomic mass is 10.1. The molecular weight excluding hydrogens is 256 g/mol. The fraction of sp³-hybridized carbons (Fsp3) is 0.417. The number of aromatic nitrogens is 2. The summed E-state index contributed by atoms with van der Waals surface area (Å²) in [6, 6.07) is 5.52. The number of rotatable bonds is 2. The molecule has 1 fully saturated rings. The van der Waals surface area contributed by atoms with Gasteiger partial charge in [-0.25, -0.2) is 4.79 Å². The van der Waals surface area contributed by atoms with E-state index in [1.54, 1.807) is 6.07 Å². The predicted molar refractivity (Wildman–Crippen MR) is 73.0 cm³/mol. The molecule has 0 bridgehead atoms. The van der Waals surface area contributed by atoms with Crippen molar-refractivity contribution in [1.29, 1.82) is 0 Å². The van der Waals surface area contributed by atoms with Crippen LogP contribution in [0.4, 0.5) is 0 Å². The van der Waals surface area contributed by atoms with E-state index in [0.29, 0.717) is 10.9 Å². The van der Waals surface area contributed by atoms with Crippen LogP contribution in [-0.4, -0.2) is 21.1 Å². The van der Waals surface area contributed by atoms with Gasteiger partial charge in [-0.15, -0.1) is 0 Å². The molecule has 1 N–H and O–H groups in total. The third-order valence-electron chi connectivity index (χ3n) is 3.20.